The molecule has 0 bridgehead atoms. The van der Waals surface area contributed by atoms with Crippen LogP contribution in [0.3, 0.4) is 0 Å². The van der Waals surface area contributed by atoms with Crippen LogP contribution in [0.4, 0.5) is 10.1 Å². The lowest BCUT2D eigenvalue weighted by Gasteiger charge is -2.27. The van der Waals surface area contributed by atoms with E-state index < -0.39 is 11.4 Å². The highest BCUT2D eigenvalue weighted by Crippen LogP contribution is 2.40. The van der Waals surface area contributed by atoms with Crippen molar-refractivity contribution in [2.75, 3.05) is 12.4 Å². The van der Waals surface area contributed by atoms with Crippen molar-refractivity contribution in [2.45, 2.75) is 19.4 Å². The second-order valence-electron chi connectivity index (χ2n) is 6.85. The maximum atomic E-state index is 15.6. The van der Waals surface area contributed by atoms with Crippen molar-refractivity contribution in [3.8, 4) is 16.9 Å². The number of rotatable bonds is 5. The van der Waals surface area contributed by atoms with Gasteiger partial charge in [-0.3, -0.25) is 4.79 Å². The summed E-state index contributed by atoms with van der Waals surface area (Å²) < 4.78 is 21.0. The third-order valence-corrected chi connectivity index (χ3v) is 4.96. The number of hydrogen-bond donors (Lipinski definition) is 2. The fourth-order valence-electron chi connectivity index (χ4n) is 3.25. The molecule has 1 amide bonds. The van der Waals surface area contributed by atoms with Crippen LogP contribution in [0.2, 0.25) is 5.02 Å². The Morgan fingerprint density at radius 3 is 2.41 bits per heavy atom. The Balaban J connectivity index is 2.10. The summed E-state index contributed by atoms with van der Waals surface area (Å²) in [5, 5.41) is 14.3. The number of methoxy groups -OCH3 is 1. The number of nitrogens with one attached hydrogen (secondary N) is 1. The first-order chi connectivity index (χ1) is 13.7. The molecular formula is C23H21ClFNO3. The molecular weight excluding hydrogens is 393 g/mol. The minimum atomic E-state index is -1.61. The van der Waals surface area contributed by atoms with Gasteiger partial charge in [0.1, 0.15) is 17.2 Å². The molecule has 29 heavy (non-hydrogen) atoms. The number of carbonyl (C=O) groups excluding carboxylic acids is 1. The summed E-state index contributed by atoms with van der Waals surface area (Å²) in [6, 6.07) is 16.5. The van der Waals surface area contributed by atoms with Gasteiger partial charge in [0.25, 0.3) is 0 Å². The molecule has 0 aromatic heterocycles. The number of ether oxygens (including phenoxy) is 1. The lowest BCUT2D eigenvalue weighted by molar-refractivity contribution is -0.114. The smallest absolute Gasteiger partial charge is 0.221 e. The van der Waals surface area contributed by atoms with Crippen LogP contribution in [-0.2, 0) is 10.4 Å². The summed E-state index contributed by atoms with van der Waals surface area (Å²) in [5.74, 6) is -0.454. The van der Waals surface area contributed by atoms with Gasteiger partial charge in [-0.25, -0.2) is 4.39 Å². The molecule has 0 aliphatic rings. The van der Waals surface area contributed by atoms with Crippen molar-refractivity contribution < 1.29 is 19.0 Å². The zero-order valence-electron chi connectivity index (χ0n) is 16.3. The average molecular weight is 414 g/mol. The molecule has 0 heterocycles. The molecule has 3 aromatic rings. The van der Waals surface area contributed by atoms with E-state index in [1.54, 1.807) is 54.6 Å². The van der Waals surface area contributed by atoms with E-state index >= 15 is 4.39 Å². The van der Waals surface area contributed by atoms with Gasteiger partial charge in [-0.05, 0) is 54.4 Å². The molecule has 1 unspecified atom stereocenters. The summed E-state index contributed by atoms with van der Waals surface area (Å²) in [6.45, 7) is 2.93. The van der Waals surface area contributed by atoms with Crippen LogP contribution in [0.15, 0.2) is 60.7 Å². The zero-order valence-corrected chi connectivity index (χ0v) is 17.0. The van der Waals surface area contributed by atoms with Crippen LogP contribution in [-0.4, -0.2) is 18.1 Å². The highest BCUT2D eigenvalue weighted by atomic mass is 35.5. The molecule has 0 saturated heterocycles. The molecule has 0 radical (unpaired) electrons. The maximum Gasteiger partial charge on any atom is 0.221 e. The third kappa shape index (κ3) is 4.26. The fourth-order valence-corrected chi connectivity index (χ4v) is 3.44. The van der Waals surface area contributed by atoms with Gasteiger partial charge in [-0.15, -0.1) is 0 Å². The maximum absolute atomic E-state index is 15.6. The summed E-state index contributed by atoms with van der Waals surface area (Å²) >= 11 is 6.08. The normalized spacial score (nSPS) is 12.9. The zero-order chi connectivity index (χ0) is 21.2. The Kier molecular flexibility index (Phi) is 5.91. The molecule has 4 nitrogen and oxygen atoms in total. The van der Waals surface area contributed by atoms with Gasteiger partial charge in [-0.2, -0.15) is 0 Å². The number of benzene rings is 3. The van der Waals surface area contributed by atoms with Crippen molar-refractivity contribution in [3.63, 3.8) is 0 Å². The molecule has 3 aromatic carbocycles. The molecule has 0 saturated carbocycles. The van der Waals surface area contributed by atoms with Gasteiger partial charge >= 0.3 is 0 Å². The van der Waals surface area contributed by atoms with E-state index in [1.807, 2.05) is 0 Å². The molecule has 0 aliphatic carbocycles. The Labute approximate surface area is 173 Å². The lowest BCUT2D eigenvalue weighted by Crippen LogP contribution is -2.24. The standard InChI is InChI=1S/C23H21ClFNO3/c1-14(27)26-18-9-7-16(8-10-18)23(2,28)19-11-12-20(29-3)21(22(19)25)15-5-4-6-17(24)13-15/h4-13,28H,1-3H3,(H,26,27). The monoisotopic (exact) mass is 413 g/mol. The van der Waals surface area contributed by atoms with Gasteiger partial charge < -0.3 is 15.2 Å². The van der Waals surface area contributed by atoms with Gasteiger partial charge in [0.05, 0.1) is 12.7 Å². The number of hydrogen-bond acceptors (Lipinski definition) is 3. The second-order valence-corrected chi connectivity index (χ2v) is 7.28. The number of carbonyl (C=O) groups is 1. The molecule has 2 N–H and O–H groups in total. The molecule has 0 aliphatic heterocycles. The van der Waals surface area contributed by atoms with Gasteiger partial charge in [0.15, 0.2) is 0 Å². The Bertz CT molecular complexity index is 1050. The molecule has 1 atom stereocenters. The molecule has 0 spiro atoms. The van der Waals surface area contributed by atoms with E-state index in [1.165, 1.54) is 27.0 Å². The summed E-state index contributed by atoms with van der Waals surface area (Å²) in [7, 11) is 1.46. The summed E-state index contributed by atoms with van der Waals surface area (Å²) in [6.07, 6.45) is 0. The largest absolute Gasteiger partial charge is 0.496 e. The van der Waals surface area contributed by atoms with Crippen LogP contribution in [0.25, 0.3) is 11.1 Å². The highest BCUT2D eigenvalue weighted by Gasteiger charge is 2.31. The fraction of sp³-hybridized carbons (Fsp3) is 0.174. The van der Waals surface area contributed by atoms with Crippen LogP contribution < -0.4 is 10.1 Å². The number of anilines is 1. The first-order valence-corrected chi connectivity index (χ1v) is 9.35. The van der Waals surface area contributed by atoms with Crippen LogP contribution >= 0.6 is 11.6 Å². The van der Waals surface area contributed by atoms with Crippen molar-refractivity contribution in [1.29, 1.82) is 0 Å². The van der Waals surface area contributed by atoms with Crippen LogP contribution in [0, 0.1) is 5.82 Å². The minimum Gasteiger partial charge on any atom is -0.496 e. The Morgan fingerprint density at radius 1 is 1.14 bits per heavy atom. The molecule has 150 valence electrons. The second kappa shape index (κ2) is 8.23. The topological polar surface area (TPSA) is 58.6 Å². The van der Waals surface area contributed by atoms with Crippen LogP contribution in [0.1, 0.15) is 25.0 Å². The predicted molar refractivity (Wildman–Crippen MR) is 113 cm³/mol. The lowest BCUT2D eigenvalue weighted by atomic mass is 9.85. The van der Waals surface area contributed by atoms with E-state index in [-0.39, 0.29) is 17.0 Å². The number of halogens is 2. The SMILES string of the molecule is COc1ccc(C(C)(O)c2ccc(NC(C)=O)cc2)c(F)c1-c1cccc(Cl)c1. The Morgan fingerprint density at radius 2 is 1.83 bits per heavy atom. The van der Waals surface area contributed by atoms with Crippen molar-refractivity contribution in [3.05, 3.63) is 82.6 Å². The summed E-state index contributed by atoms with van der Waals surface area (Å²) in [5.41, 5.74) is 0.326. The quantitative estimate of drug-likeness (QED) is 0.591. The van der Waals surface area contributed by atoms with E-state index in [4.69, 9.17) is 16.3 Å². The van der Waals surface area contributed by atoms with E-state index in [9.17, 15) is 9.90 Å². The highest BCUT2D eigenvalue weighted by molar-refractivity contribution is 6.30. The Hall–Kier alpha value is -2.89. The van der Waals surface area contributed by atoms with Crippen molar-refractivity contribution in [2.24, 2.45) is 0 Å². The van der Waals surface area contributed by atoms with Crippen molar-refractivity contribution in [1.82, 2.24) is 0 Å². The first kappa shape index (κ1) is 20.8. The van der Waals surface area contributed by atoms with Gasteiger partial charge in [0.2, 0.25) is 5.91 Å². The molecule has 3 rings (SSSR count). The van der Waals surface area contributed by atoms with Gasteiger partial charge in [-0.1, -0.05) is 35.9 Å². The minimum absolute atomic E-state index is 0.0977. The molecule has 0 fully saturated rings. The predicted octanol–water partition coefficient (Wildman–Crippen LogP) is 5.37. The van der Waals surface area contributed by atoms with E-state index in [0.717, 1.165) is 0 Å². The first-order valence-electron chi connectivity index (χ1n) is 8.97. The van der Waals surface area contributed by atoms with E-state index in [0.29, 0.717) is 27.6 Å². The molecule has 6 heteroatoms. The van der Waals surface area contributed by atoms with Crippen LogP contribution in [0.5, 0.6) is 5.75 Å². The van der Waals surface area contributed by atoms with E-state index in [2.05, 4.69) is 5.32 Å². The number of amides is 1. The third-order valence-electron chi connectivity index (χ3n) is 4.73. The number of aliphatic hydroxyl groups is 1. The average Bonchev–Trinajstić information content (AvgIpc) is 2.67. The van der Waals surface area contributed by atoms with Crippen molar-refractivity contribution >= 4 is 23.2 Å². The summed E-state index contributed by atoms with van der Waals surface area (Å²) in [4.78, 5) is 11.2. The van der Waals surface area contributed by atoms with Gasteiger partial charge in [0, 0.05) is 23.2 Å².